The second-order valence-electron chi connectivity index (χ2n) is 2.97. The maximum atomic E-state index is 11.0. The number of carboxylic acid groups (broad SMARTS) is 1. The first-order chi connectivity index (χ1) is 6.97. The number of ether oxygens (including phenoxy) is 1. The van der Waals surface area contributed by atoms with Crippen LogP contribution in [0.15, 0.2) is 24.3 Å². The molecule has 0 aromatic heterocycles. The fourth-order valence-electron chi connectivity index (χ4n) is 0.850. The third-order valence-electron chi connectivity index (χ3n) is 1.52. The highest BCUT2D eigenvalue weighted by Gasteiger charge is 2.07. The number of nitrogens with one attached hydrogen (secondary N) is 1. The minimum Gasteiger partial charge on any atom is -0.478 e. The Bertz CT molecular complexity index is 283. The highest BCUT2D eigenvalue weighted by molar-refractivity contribution is 5.86. The molecule has 0 aromatic rings. The number of carbonyl (C=O) groups excluding carboxylic acids is 1. The van der Waals surface area contributed by atoms with Gasteiger partial charge in [0.05, 0.1) is 0 Å². The molecule has 0 aliphatic heterocycles. The lowest BCUT2D eigenvalue weighted by Crippen LogP contribution is -2.32. The molecule has 1 amide bonds. The van der Waals surface area contributed by atoms with Crippen LogP contribution in [0.3, 0.4) is 0 Å². The molecule has 0 aliphatic rings. The molecule has 0 aromatic carbocycles. The Labute approximate surface area is 88.4 Å². The summed E-state index contributed by atoms with van der Waals surface area (Å²) >= 11 is 0. The van der Waals surface area contributed by atoms with Crippen LogP contribution in [0.2, 0.25) is 0 Å². The molecule has 15 heavy (non-hydrogen) atoms. The van der Waals surface area contributed by atoms with E-state index in [0.29, 0.717) is 0 Å². The van der Waals surface area contributed by atoms with E-state index in [1.807, 2.05) is 0 Å². The highest BCUT2D eigenvalue weighted by Crippen LogP contribution is 1.96. The van der Waals surface area contributed by atoms with Gasteiger partial charge < -0.3 is 15.2 Å². The summed E-state index contributed by atoms with van der Waals surface area (Å²) in [7, 11) is 0. The lowest BCUT2D eigenvalue weighted by atomic mass is 10.2. The number of aliphatic carboxylic acids is 1. The largest absolute Gasteiger partial charge is 0.478 e. The van der Waals surface area contributed by atoms with Gasteiger partial charge in [0.15, 0.2) is 0 Å². The van der Waals surface area contributed by atoms with Crippen molar-refractivity contribution in [3.05, 3.63) is 24.3 Å². The van der Waals surface area contributed by atoms with Crippen LogP contribution in [-0.2, 0) is 9.53 Å². The molecule has 0 radical (unpaired) electrons. The fraction of sp³-hybridized carbons (Fsp3) is 0.400. The van der Waals surface area contributed by atoms with Crippen LogP contribution in [0, 0.1) is 0 Å². The minimum atomic E-state index is -1.01. The van der Waals surface area contributed by atoms with Crippen molar-refractivity contribution in [1.82, 2.24) is 5.32 Å². The number of hydrogen-bond acceptors (Lipinski definition) is 3. The maximum absolute atomic E-state index is 11.0. The molecule has 1 atom stereocenters. The van der Waals surface area contributed by atoms with Crippen molar-refractivity contribution in [1.29, 1.82) is 0 Å². The van der Waals surface area contributed by atoms with Gasteiger partial charge in [-0.05, 0) is 13.8 Å². The Morgan fingerprint density at radius 2 is 2.20 bits per heavy atom. The van der Waals surface area contributed by atoms with Crippen molar-refractivity contribution >= 4 is 12.1 Å². The smallest absolute Gasteiger partial charge is 0.407 e. The van der Waals surface area contributed by atoms with E-state index in [2.05, 4.69) is 16.6 Å². The van der Waals surface area contributed by atoms with Crippen LogP contribution in [0.1, 0.15) is 13.8 Å². The van der Waals surface area contributed by atoms with Gasteiger partial charge in [0.25, 0.3) is 0 Å². The molecule has 0 fully saturated rings. The molecule has 1 unspecified atom stereocenters. The first kappa shape index (κ1) is 13.2. The van der Waals surface area contributed by atoms with Crippen LogP contribution >= 0.6 is 0 Å². The monoisotopic (exact) mass is 213 g/mol. The Balaban J connectivity index is 4.08. The number of carbonyl (C=O) groups is 2. The number of alkyl carbamates (subject to hydrolysis) is 1. The number of hydrogen-bond donors (Lipinski definition) is 2. The SMILES string of the molecule is C=CCOC(=O)NC(C)C=C(C)C(=O)O. The zero-order valence-corrected chi connectivity index (χ0v) is 8.82. The zero-order chi connectivity index (χ0) is 11.8. The van der Waals surface area contributed by atoms with E-state index in [4.69, 9.17) is 5.11 Å². The summed E-state index contributed by atoms with van der Waals surface area (Å²) in [6, 6.07) is -0.390. The standard InChI is InChI=1S/C10H15NO4/c1-4-5-15-10(14)11-8(3)6-7(2)9(12)13/h4,6,8H,1,5H2,2-3H3,(H,11,14)(H,12,13). The first-order valence-corrected chi connectivity index (χ1v) is 4.43. The van der Waals surface area contributed by atoms with E-state index >= 15 is 0 Å². The van der Waals surface area contributed by atoms with Crippen molar-refractivity contribution in [2.45, 2.75) is 19.9 Å². The molecule has 84 valence electrons. The lowest BCUT2D eigenvalue weighted by Gasteiger charge is -2.09. The molecule has 0 aliphatic carbocycles. The summed E-state index contributed by atoms with van der Waals surface area (Å²) in [6.45, 7) is 6.62. The Kier molecular flexibility index (Phi) is 5.85. The minimum absolute atomic E-state index is 0.125. The quantitative estimate of drug-likeness (QED) is 0.533. The van der Waals surface area contributed by atoms with Gasteiger partial charge in [-0.15, -0.1) is 0 Å². The van der Waals surface area contributed by atoms with Crippen molar-refractivity contribution in [2.75, 3.05) is 6.61 Å². The molecule has 0 bridgehead atoms. The predicted molar refractivity (Wildman–Crippen MR) is 55.5 cm³/mol. The molecule has 5 heteroatoms. The van der Waals surface area contributed by atoms with Gasteiger partial charge in [-0.25, -0.2) is 9.59 Å². The van der Waals surface area contributed by atoms with E-state index in [1.165, 1.54) is 19.1 Å². The predicted octanol–water partition coefficient (Wildman–Crippen LogP) is 1.32. The molecule has 0 heterocycles. The van der Waals surface area contributed by atoms with Gasteiger partial charge in [0.2, 0.25) is 0 Å². The number of carboxylic acids is 1. The zero-order valence-electron chi connectivity index (χ0n) is 8.82. The molecule has 0 saturated heterocycles. The fourth-order valence-corrected chi connectivity index (χ4v) is 0.850. The van der Waals surface area contributed by atoms with Crippen molar-refractivity contribution in [3.63, 3.8) is 0 Å². The first-order valence-electron chi connectivity index (χ1n) is 4.43. The summed E-state index contributed by atoms with van der Waals surface area (Å²) < 4.78 is 4.66. The Hall–Kier alpha value is -1.78. The maximum Gasteiger partial charge on any atom is 0.407 e. The van der Waals surface area contributed by atoms with Crippen molar-refractivity contribution in [3.8, 4) is 0 Å². The molecular formula is C10H15NO4. The van der Waals surface area contributed by atoms with Gasteiger partial charge in [0.1, 0.15) is 6.61 Å². The van der Waals surface area contributed by atoms with Crippen molar-refractivity contribution < 1.29 is 19.4 Å². The molecule has 2 N–H and O–H groups in total. The van der Waals surface area contributed by atoms with E-state index in [1.54, 1.807) is 6.92 Å². The summed E-state index contributed by atoms with van der Waals surface area (Å²) in [6.07, 6.45) is 2.27. The van der Waals surface area contributed by atoms with E-state index < -0.39 is 18.1 Å². The number of amides is 1. The van der Waals surface area contributed by atoms with Crippen LogP contribution in [0.25, 0.3) is 0 Å². The van der Waals surface area contributed by atoms with Crippen molar-refractivity contribution in [2.24, 2.45) is 0 Å². The molecule has 0 saturated carbocycles. The summed E-state index contributed by atoms with van der Waals surface area (Å²) in [5.41, 5.74) is 0.173. The van der Waals surface area contributed by atoms with Crippen LogP contribution in [-0.4, -0.2) is 29.8 Å². The van der Waals surface area contributed by atoms with E-state index in [0.717, 1.165) is 0 Å². The normalized spacial score (nSPS) is 12.8. The van der Waals surface area contributed by atoms with Gasteiger partial charge in [-0.2, -0.15) is 0 Å². The lowest BCUT2D eigenvalue weighted by molar-refractivity contribution is -0.132. The topological polar surface area (TPSA) is 75.6 Å². The van der Waals surface area contributed by atoms with E-state index in [-0.39, 0.29) is 12.2 Å². The van der Waals surface area contributed by atoms with Gasteiger partial charge in [-0.1, -0.05) is 18.7 Å². The molecule has 0 spiro atoms. The Morgan fingerprint density at radius 1 is 1.60 bits per heavy atom. The molecule has 0 rings (SSSR count). The second-order valence-corrected chi connectivity index (χ2v) is 2.97. The van der Waals surface area contributed by atoms with E-state index in [9.17, 15) is 9.59 Å². The molecular weight excluding hydrogens is 198 g/mol. The Morgan fingerprint density at radius 3 is 2.67 bits per heavy atom. The summed E-state index contributed by atoms with van der Waals surface area (Å²) in [5.74, 6) is -1.01. The van der Waals surface area contributed by atoms with Gasteiger partial charge in [0, 0.05) is 11.6 Å². The third kappa shape index (κ3) is 6.31. The summed E-state index contributed by atoms with van der Waals surface area (Å²) in [4.78, 5) is 21.5. The highest BCUT2D eigenvalue weighted by atomic mass is 16.5. The average Bonchev–Trinajstić information content (AvgIpc) is 2.14. The van der Waals surface area contributed by atoms with Gasteiger partial charge >= 0.3 is 12.1 Å². The van der Waals surface area contributed by atoms with Gasteiger partial charge in [-0.3, -0.25) is 0 Å². The summed E-state index contributed by atoms with van der Waals surface area (Å²) in [5, 5.41) is 11.0. The van der Waals surface area contributed by atoms with Crippen LogP contribution in [0.4, 0.5) is 4.79 Å². The second kappa shape index (κ2) is 6.64. The third-order valence-corrected chi connectivity index (χ3v) is 1.52. The number of rotatable bonds is 5. The van der Waals surface area contributed by atoms with Crippen LogP contribution in [0.5, 0.6) is 0 Å². The average molecular weight is 213 g/mol. The van der Waals surface area contributed by atoms with Crippen LogP contribution < -0.4 is 5.32 Å². The molecule has 5 nitrogen and oxygen atoms in total.